The van der Waals surface area contributed by atoms with Crippen LogP contribution in [0, 0.1) is 5.92 Å². The van der Waals surface area contributed by atoms with Crippen molar-refractivity contribution >= 4 is 23.0 Å². The van der Waals surface area contributed by atoms with Gasteiger partial charge in [0.05, 0.1) is 24.4 Å². The summed E-state index contributed by atoms with van der Waals surface area (Å²) >= 11 is 0. The van der Waals surface area contributed by atoms with Crippen molar-refractivity contribution in [1.82, 2.24) is 0 Å². The summed E-state index contributed by atoms with van der Waals surface area (Å²) in [5.41, 5.74) is 3.54. The zero-order chi connectivity index (χ0) is 19.0. The largest absolute Gasteiger partial charge is 0.391 e. The van der Waals surface area contributed by atoms with Gasteiger partial charge in [-0.15, -0.1) is 0 Å². The number of carbonyl (C=O) groups is 2. The highest BCUT2D eigenvalue weighted by molar-refractivity contribution is 6.43. The van der Waals surface area contributed by atoms with Crippen LogP contribution in [-0.2, 0) is 9.59 Å². The van der Waals surface area contributed by atoms with Gasteiger partial charge in [-0.2, -0.15) is 0 Å². The van der Waals surface area contributed by atoms with Crippen LogP contribution in [0.25, 0.3) is 0 Å². The van der Waals surface area contributed by atoms with Gasteiger partial charge in [0.1, 0.15) is 14.1 Å². The number of hydrogen-bond donors (Lipinski definition) is 1. The molecule has 0 amide bonds. The molecule has 5 heteroatoms. The highest BCUT2D eigenvalue weighted by Gasteiger charge is 2.50. The molecule has 0 spiro atoms. The van der Waals surface area contributed by atoms with Gasteiger partial charge in [0.15, 0.2) is 5.71 Å². The molecule has 2 aliphatic rings. The Kier molecular flexibility index (Phi) is 4.92. The Morgan fingerprint density at radius 2 is 1.62 bits per heavy atom. The molecular weight excluding hydrogens is 328 g/mol. The molecule has 1 fully saturated rings. The first kappa shape index (κ1) is 18.3. The lowest BCUT2D eigenvalue weighted by Crippen LogP contribution is -2.25. The first-order valence-electron chi connectivity index (χ1n) is 8.76. The van der Waals surface area contributed by atoms with Crippen molar-refractivity contribution in [2.45, 2.75) is 18.4 Å². The lowest BCUT2D eigenvalue weighted by Gasteiger charge is -2.20. The van der Waals surface area contributed by atoms with Crippen molar-refractivity contribution in [3.63, 3.8) is 0 Å². The van der Waals surface area contributed by atoms with Gasteiger partial charge in [0.25, 0.3) is 0 Å². The highest BCUT2D eigenvalue weighted by Crippen LogP contribution is 2.39. The van der Waals surface area contributed by atoms with Gasteiger partial charge in [-0.05, 0) is 23.3 Å². The van der Waals surface area contributed by atoms with Gasteiger partial charge in [-0.25, -0.2) is 4.58 Å². The van der Waals surface area contributed by atoms with Crippen molar-refractivity contribution in [2.24, 2.45) is 5.92 Å². The standard InChI is InChI=1S/C21H25N2O3/c1-22(2)15-9-5-13(6-10-15)17-19(24)18(21(26)20(17)25)14-7-11-16(12-8-14)23(3)4/h5-11,17-19,24H,12H2,1-4H3/q+1. The Morgan fingerprint density at radius 3 is 2.12 bits per heavy atom. The third-order valence-corrected chi connectivity index (χ3v) is 5.21. The second-order valence-corrected chi connectivity index (χ2v) is 7.29. The number of ketones is 2. The molecule has 3 unspecified atom stereocenters. The number of carbonyl (C=O) groups excluding carboxylic acids is 2. The predicted octanol–water partition coefficient (Wildman–Crippen LogP) is 1.56. The van der Waals surface area contributed by atoms with Gasteiger partial charge >= 0.3 is 0 Å². The molecule has 0 heterocycles. The Balaban J connectivity index is 1.88. The molecule has 5 nitrogen and oxygen atoms in total. The molecule has 0 aliphatic heterocycles. The van der Waals surface area contributed by atoms with E-state index < -0.39 is 29.5 Å². The number of benzene rings is 1. The molecule has 2 aliphatic carbocycles. The van der Waals surface area contributed by atoms with Gasteiger partial charge in [-0.3, -0.25) is 9.59 Å². The van der Waals surface area contributed by atoms with Crippen molar-refractivity contribution in [3.05, 3.63) is 53.6 Å². The van der Waals surface area contributed by atoms with Crippen LogP contribution >= 0.6 is 0 Å². The van der Waals surface area contributed by atoms with Crippen LogP contribution < -0.4 is 4.90 Å². The average Bonchev–Trinajstić information content (AvgIpc) is 2.84. The minimum absolute atomic E-state index is 0.497. The Hall–Kier alpha value is -2.53. The molecule has 1 aromatic rings. The van der Waals surface area contributed by atoms with Crippen LogP contribution in [-0.4, -0.2) is 61.3 Å². The summed E-state index contributed by atoms with van der Waals surface area (Å²) in [6, 6.07) is 7.43. The van der Waals surface area contributed by atoms with E-state index in [4.69, 9.17) is 0 Å². The maximum absolute atomic E-state index is 12.6. The van der Waals surface area contributed by atoms with Crippen LogP contribution in [0.1, 0.15) is 17.9 Å². The van der Waals surface area contributed by atoms with E-state index in [1.807, 2.05) is 80.2 Å². The summed E-state index contributed by atoms with van der Waals surface area (Å²) in [6.45, 7) is 0. The molecule has 0 radical (unpaired) electrons. The van der Waals surface area contributed by atoms with Crippen LogP contribution in [0.15, 0.2) is 48.1 Å². The number of anilines is 1. The summed E-state index contributed by atoms with van der Waals surface area (Å²) in [5.74, 6) is -2.57. The second kappa shape index (κ2) is 7.00. The van der Waals surface area contributed by atoms with Gasteiger partial charge in [-0.1, -0.05) is 24.3 Å². The van der Waals surface area contributed by atoms with Gasteiger partial charge in [0.2, 0.25) is 11.6 Å². The number of nitrogens with zero attached hydrogens (tertiary/aromatic N) is 2. The van der Waals surface area contributed by atoms with Crippen LogP contribution in [0.2, 0.25) is 0 Å². The number of hydrogen-bond acceptors (Lipinski definition) is 4. The normalized spacial score (nSPS) is 25.5. The summed E-state index contributed by atoms with van der Waals surface area (Å²) in [4.78, 5) is 27.1. The van der Waals surface area contributed by atoms with E-state index in [9.17, 15) is 14.7 Å². The van der Waals surface area contributed by atoms with Crippen LogP contribution in [0.4, 0.5) is 5.69 Å². The fourth-order valence-corrected chi connectivity index (χ4v) is 3.60. The highest BCUT2D eigenvalue weighted by atomic mass is 16.3. The maximum atomic E-state index is 12.6. The quantitative estimate of drug-likeness (QED) is 0.662. The lowest BCUT2D eigenvalue weighted by molar-refractivity contribution is -0.464. The molecule has 0 saturated heterocycles. The van der Waals surface area contributed by atoms with Gasteiger partial charge < -0.3 is 10.0 Å². The predicted molar refractivity (Wildman–Crippen MR) is 102 cm³/mol. The van der Waals surface area contributed by atoms with E-state index in [-0.39, 0.29) is 0 Å². The van der Waals surface area contributed by atoms with Crippen LogP contribution in [0.3, 0.4) is 0 Å². The van der Waals surface area contributed by atoms with E-state index in [1.54, 1.807) is 0 Å². The molecule has 1 N–H and O–H groups in total. The number of aliphatic hydroxyl groups excluding tert-OH is 1. The average molecular weight is 353 g/mol. The van der Waals surface area contributed by atoms with E-state index >= 15 is 0 Å². The first-order chi connectivity index (χ1) is 12.3. The molecule has 26 heavy (non-hydrogen) atoms. The molecule has 1 saturated carbocycles. The summed E-state index contributed by atoms with van der Waals surface area (Å²) in [5, 5.41) is 10.8. The number of rotatable bonds is 3. The van der Waals surface area contributed by atoms with Crippen molar-refractivity contribution < 1.29 is 19.3 Å². The monoisotopic (exact) mass is 353 g/mol. The second-order valence-electron chi connectivity index (χ2n) is 7.29. The molecule has 3 rings (SSSR count). The van der Waals surface area contributed by atoms with Crippen molar-refractivity contribution in [1.29, 1.82) is 0 Å². The van der Waals surface area contributed by atoms with Crippen LogP contribution in [0.5, 0.6) is 0 Å². The minimum atomic E-state index is -1.03. The topological polar surface area (TPSA) is 60.6 Å². The maximum Gasteiger partial charge on any atom is 0.209 e. The Bertz CT molecular complexity index is 827. The molecule has 136 valence electrons. The number of Topliss-reactive ketones (excluding diaryl/α,β-unsaturated/α-hetero) is 2. The van der Waals surface area contributed by atoms with Crippen molar-refractivity contribution in [3.8, 4) is 0 Å². The molecule has 3 atom stereocenters. The van der Waals surface area contributed by atoms with E-state index in [0.717, 1.165) is 17.0 Å². The fourth-order valence-electron chi connectivity index (χ4n) is 3.60. The van der Waals surface area contributed by atoms with Crippen molar-refractivity contribution in [2.75, 3.05) is 33.1 Å². The Labute approximate surface area is 153 Å². The minimum Gasteiger partial charge on any atom is -0.391 e. The third kappa shape index (κ3) is 3.15. The summed E-state index contributed by atoms with van der Waals surface area (Å²) in [7, 11) is 7.80. The molecule has 0 bridgehead atoms. The molecular formula is C21H25N2O3+. The Morgan fingerprint density at radius 1 is 1.00 bits per heavy atom. The zero-order valence-corrected chi connectivity index (χ0v) is 15.6. The lowest BCUT2D eigenvalue weighted by atomic mass is 9.87. The molecule has 0 aromatic heterocycles. The fraction of sp³-hybridized carbons (Fsp3) is 0.381. The molecule has 1 aromatic carbocycles. The summed E-state index contributed by atoms with van der Waals surface area (Å²) in [6.07, 6.45) is 5.38. The number of allylic oxidation sites excluding steroid dienone is 3. The first-order valence-corrected chi connectivity index (χ1v) is 8.76. The van der Waals surface area contributed by atoms with E-state index in [1.165, 1.54) is 0 Å². The SMILES string of the molecule is CN(C)c1ccc(C2C(=O)C(=O)C(C3=CCC(=[N+](C)C)C=C3)C2O)cc1. The van der Waals surface area contributed by atoms with E-state index in [0.29, 0.717) is 12.0 Å². The summed E-state index contributed by atoms with van der Waals surface area (Å²) < 4.78 is 2.01. The number of aliphatic hydroxyl groups is 1. The van der Waals surface area contributed by atoms with Gasteiger partial charge in [0, 0.05) is 25.9 Å². The zero-order valence-electron chi connectivity index (χ0n) is 15.6. The van der Waals surface area contributed by atoms with E-state index in [2.05, 4.69) is 0 Å². The smallest absolute Gasteiger partial charge is 0.209 e. The third-order valence-electron chi connectivity index (χ3n) is 5.21.